The zero-order valence-corrected chi connectivity index (χ0v) is 15.9. The van der Waals surface area contributed by atoms with Crippen LogP contribution in [-0.4, -0.2) is 18.4 Å². The van der Waals surface area contributed by atoms with Crippen molar-refractivity contribution >= 4 is 40.6 Å². The van der Waals surface area contributed by atoms with Crippen LogP contribution in [0.1, 0.15) is 17.3 Å². The normalized spacial score (nSPS) is 11.4. The summed E-state index contributed by atoms with van der Waals surface area (Å²) in [5.74, 6) is -10.1. The summed E-state index contributed by atoms with van der Waals surface area (Å²) in [6.45, 7) is 1.19. The van der Waals surface area contributed by atoms with Crippen LogP contribution in [0.25, 0.3) is 0 Å². The molecule has 0 fully saturated rings. The molecule has 0 saturated heterocycles. The Morgan fingerprint density at radius 1 is 1.03 bits per heavy atom. The third-order valence-corrected chi connectivity index (χ3v) is 4.17. The highest BCUT2D eigenvalue weighted by Gasteiger charge is 2.32. The van der Waals surface area contributed by atoms with E-state index < -0.39 is 62.0 Å². The maximum absolute atomic E-state index is 14.3. The van der Waals surface area contributed by atoms with E-state index in [1.807, 2.05) is 0 Å². The predicted octanol–water partition coefficient (Wildman–Crippen LogP) is 5.43. The van der Waals surface area contributed by atoms with E-state index in [1.165, 1.54) is 6.92 Å². The van der Waals surface area contributed by atoms with Crippen molar-refractivity contribution in [1.82, 2.24) is 0 Å². The highest BCUT2D eigenvalue weighted by molar-refractivity contribution is 6.38. The number of ketones is 1. The number of esters is 1. The maximum atomic E-state index is 14.3. The third-order valence-electron chi connectivity index (χ3n) is 3.48. The Kier molecular flexibility index (Phi) is 7.21. The van der Waals surface area contributed by atoms with Crippen molar-refractivity contribution in [3.8, 4) is 0 Å². The number of carbonyl (C=O) groups is 2. The number of halogens is 7. The molecule has 2 rings (SSSR count). The molecule has 1 N–H and O–H groups in total. The van der Waals surface area contributed by atoms with E-state index in [-0.39, 0.29) is 12.3 Å². The highest BCUT2D eigenvalue weighted by atomic mass is 35.5. The summed E-state index contributed by atoms with van der Waals surface area (Å²) in [5, 5.41) is -0.385. The van der Waals surface area contributed by atoms with E-state index in [9.17, 15) is 31.5 Å². The summed E-state index contributed by atoms with van der Waals surface area (Å²) in [6.07, 6.45) is 0.627. The molecule has 0 aliphatic carbocycles. The number of anilines is 1. The van der Waals surface area contributed by atoms with Crippen LogP contribution in [0.5, 0.6) is 0 Å². The number of Topliss-reactive ketones (excluding diaryl/α,β-unsaturated/α-hetero) is 1. The molecular formula is C18H10Cl2F5NO3. The molecule has 29 heavy (non-hydrogen) atoms. The van der Waals surface area contributed by atoms with E-state index in [1.54, 1.807) is 0 Å². The lowest BCUT2D eigenvalue weighted by Gasteiger charge is -2.12. The number of carbonyl (C=O) groups excluding carboxylic acids is 2. The van der Waals surface area contributed by atoms with Crippen molar-refractivity contribution in [2.75, 3.05) is 11.9 Å². The molecule has 0 heterocycles. The molecule has 0 unspecified atom stereocenters. The Bertz CT molecular complexity index is 998. The first kappa shape index (κ1) is 22.6. The lowest BCUT2D eigenvalue weighted by molar-refractivity contribution is -0.138. The fourth-order valence-electron chi connectivity index (χ4n) is 2.12. The Hall–Kier alpha value is -2.65. The van der Waals surface area contributed by atoms with Gasteiger partial charge in [-0.05, 0) is 19.1 Å². The molecule has 0 radical (unpaired) electrons. The van der Waals surface area contributed by atoms with Gasteiger partial charge < -0.3 is 10.1 Å². The second kappa shape index (κ2) is 9.23. The van der Waals surface area contributed by atoms with Gasteiger partial charge in [-0.1, -0.05) is 23.2 Å². The molecule has 0 spiro atoms. The van der Waals surface area contributed by atoms with Gasteiger partial charge in [0.2, 0.25) is 5.78 Å². The largest absolute Gasteiger partial charge is 0.462 e. The molecule has 154 valence electrons. The molecule has 0 amide bonds. The summed E-state index contributed by atoms with van der Waals surface area (Å²) in [6, 6.07) is 2.36. The van der Waals surface area contributed by atoms with E-state index >= 15 is 0 Å². The number of rotatable bonds is 6. The van der Waals surface area contributed by atoms with Gasteiger partial charge in [0.25, 0.3) is 0 Å². The fourth-order valence-corrected chi connectivity index (χ4v) is 2.55. The Labute approximate surface area is 170 Å². The fraction of sp³-hybridized carbons (Fsp3) is 0.111. The average Bonchev–Trinajstić information content (AvgIpc) is 2.67. The van der Waals surface area contributed by atoms with Crippen LogP contribution in [0.2, 0.25) is 10.0 Å². The minimum Gasteiger partial charge on any atom is -0.462 e. The molecule has 4 nitrogen and oxygen atoms in total. The molecule has 2 aromatic carbocycles. The van der Waals surface area contributed by atoms with Gasteiger partial charge in [0, 0.05) is 12.3 Å². The second-order valence-electron chi connectivity index (χ2n) is 5.32. The van der Waals surface area contributed by atoms with Crippen LogP contribution in [0.4, 0.5) is 27.6 Å². The Morgan fingerprint density at radius 3 is 2.24 bits per heavy atom. The zero-order valence-electron chi connectivity index (χ0n) is 14.4. The van der Waals surface area contributed by atoms with E-state index in [0.29, 0.717) is 12.3 Å². The highest BCUT2D eigenvalue weighted by Crippen LogP contribution is 2.33. The number of benzene rings is 2. The van der Waals surface area contributed by atoms with Crippen molar-refractivity contribution in [2.45, 2.75) is 6.92 Å². The van der Waals surface area contributed by atoms with Gasteiger partial charge in [-0.25, -0.2) is 26.7 Å². The second-order valence-corrected chi connectivity index (χ2v) is 6.08. The van der Waals surface area contributed by atoms with Gasteiger partial charge >= 0.3 is 5.97 Å². The maximum Gasteiger partial charge on any atom is 0.343 e. The summed E-state index contributed by atoms with van der Waals surface area (Å²) in [7, 11) is 0. The molecule has 0 aromatic heterocycles. The van der Waals surface area contributed by atoms with Gasteiger partial charge in [0.05, 0.1) is 22.9 Å². The first-order valence-corrected chi connectivity index (χ1v) is 8.50. The first-order chi connectivity index (χ1) is 13.6. The van der Waals surface area contributed by atoms with Gasteiger partial charge in [0.15, 0.2) is 17.5 Å². The SMILES string of the molecule is CCOC(=O)/C(=C\Nc1ccc(F)cc1F)C(=O)c1c(F)c(Cl)c(F)c(F)c1Cl. The predicted molar refractivity (Wildman–Crippen MR) is 95.4 cm³/mol. The molecule has 11 heteroatoms. The summed E-state index contributed by atoms with van der Waals surface area (Å²) < 4.78 is 72.9. The van der Waals surface area contributed by atoms with Crippen molar-refractivity contribution in [1.29, 1.82) is 0 Å². The molecule has 0 bridgehead atoms. The van der Waals surface area contributed by atoms with E-state index in [4.69, 9.17) is 23.2 Å². The molecule has 2 aromatic rings. The third kappa shape index (κ3) is 4.68. The molecule has 0 atom stereocenters. The smallest absolute Gasteiger partial charge is 0.343 e. The summed E-state index contributed by atoms with van der Waals surface area (Å²) >= 11 is 10.8. The number of hydrogen-bond donors (Lipinski definition) is 1. The van der Waals surface area contributed by atoms with Crippen LogP contribution in [0.3, 0.4) is 0 Å². The number of hydrogen-bond acceptors (Lipinski definition) is 4. The van der Waals surface area contributed by atoms with Gasteiger partial charge in [-0.3, -0.25) is 4.79 Å². The quantitative estimate of drug-likeness (QED) is 0.0925. The topological polar surface area (TPSA) is 55.4 Å². The molecule has 0 aliphatic heterocycles. The van der Waals surface area contributed by atoms with Gasteiger partial charge in [-0.2, -0.15) is 0 Å². The van der Waals surface area contributed by atoms with Gasteiger partial charge in [0.1, 0.15) is 22.2 Å². The Morgan fingerprint density at radius 2 is 1.66 bits per heavy atom. The number of ether oxygens (including phenoxy) is 1. The van der Waals surface area contributed by atoms with Crippen molar-refractivity contribution < 1.29 is 36.3 Å². The van der Waals surface area contributed by atoms with Crippen LogP contribution >= 0.6 is 23.2 Å². The molecular weight excluding hydrogens is 444 g/mol. The lowest BCUT2D eigenvalue weighted by Crippen LogP contribution is -2.20. The van der Waals surface area contributed by atoms with Crippen molar-refractivity contribution in [3.63, 3.8) is 0 Å². The van der Waals surface area contributed by atoms with Crippen LogP contribution in [-0.2, 0) is 9.53 Å². The summed E-state index contributed by atoms with van der Waals surface area (Å²) in [4.78, 5) is 24.8. The van der Waals surface area contributed by atoms with E-state index in [2.05, 4.69) is 10.1 Å². The zero-order chi connectivity index (χ0) is 21.9. The van der Waals surface area contributed by atoms with Crippen molar-refractivity contribution in [3.05, 3.63) is 74.7 Å². The van der Waals surface area contributed by atoms with Crippen LogP contribution in [0.15, 0.2) is 30.0 Å². The van der Waals surface area contributed by atoms with Crippen LogP contribution < -0.4 is 5.32 Å². The standard InChI is InChI=1S/C18H10Cl2F5NO3/c1-2-29-18(28)8(6-26-10-4-3-7(21)5-9(10)22)17(27)11-12(19)15(24)16(25)13(20)14(11)23/h3-6,26H,2H2,1H3/b8-6-. The van der Waals surface area contributed by atoms with E-state index in [0.717, 1.165) is 12.1 Å². The molecule has 0 aliphatic rings. The first-order valence-electron chi connectivity index (χ1n) is 7.75. The monoisotopic (exact) mass is 453 g/mol. The minimum atomic E-state index is -1.82. The number of nitrogens with one attached hydrogen (secondary N) is 1. The summed E-state index contributed by atoms with van der Waals surface area (Å²) in [5.41, 5.74) is -2.51. The minimum absolute atomic E-state index is 0.205. The Balaban J connectivity index is 2.56. The van der Waals surface area contributed by atoms with Crippen LogP contribution in [0, 0.1) is 29.1 Å². The van der Waals surface area contributed by atoms with Gasteiger partial charge in [-0.15, -0.1) is 0 Å². The lowest BCUT2D eigenvalue weighted by atomic mass is 10.0. The molecule has 0 saturated carbocycles. The van der Waals surface area contributed by atoms with Crippen molar-refractivity contribution in [2.24, 2.45) is 0 Å². The average molecular weight is 454 g/mol.